The fourth-order valence-electron chi connectivity index (χ4n) is 2.44. The third-order valence-electron chi connectivity index (χ3n) is 3.79. The monoisotopic (exact) mass is 237 g/mol. The highest BCUT2D eigenvalue weighted by atomic mass is 16.5. The van der Waals surface area contributed by atoms with Crippen LogP contribution >= 0.6 is 0 Å². The maximum absolute atomic E-state index is 5.43. The average Bonchev–Trinajstić information content (AvgIpc) is 2.84. The van der Waals surface area contributed by atoms with Crippen molar-refractivity contribution >= 4 is 0 Å². The maximum atomic E-state index is 5.43. The molecule has 1 aliphatic carbocycles. The molecule has 1 N–H and O–H groups in total. The van der Waals surface area contributed by atoms with E-state index in [9.17, 15) is 0 Å². The van der Waals surface area contributed by atoms with Gasteiger partial charge in [-0.3, -0.25) is 0 Å². The second-order valence-corrected chi connectivity index (χ2v) is 5.17. The normalized spacial score (nSPS) is 26.8. The summed E-state index contributed by atoms with van der Waals surface area (Å²) in [6.07, 6.45) is 2.23. The molecule has 4 atom stereocenters. The van der Waals surface area contributed by atoms with Crippen LogP contribution in [0.3, 0.4) is 0 Å². The van der Waals surface area contributed by atoms with E-state index in [1.54, 1.807) is 0 Å². The van der Waals surface area contributed by atoms with Gasteiger partial charge >= 0.3 is 0 Å². The van der Waals surface area contributed by atoms with Crippen LogP contribution in [0.4, 0.5) is 0 Å². The van der Waals surface area contributed by atoms with Crippen molar-refractivity contribution in [1.29, 1.82) is 0 Å². The van der Waals surface area contributed by atoms with Gasteiger partial charge in [0, 0.05) is 12.0 Å². The van der Waals surface area contributed by atoms with Gasteiger partial charge in [-0.2, -0.15) is 4.98 Å². The fourth-order valence-corrected chi connectivity index (χ4v) is 2.44. The Morgan fingerprint density at radius 1 is 1.47 bits per heavy atom. The lowest BCUT2D eigenvalue weighted by molar-refractivity contribution is 0.315. The van der Waals surface area contributed by atoms with Crippen LogP contribution in [0.2, 0.25) is 0 Å². The topological polar surface area (TPSA) is 51.0 Å². The Hall–Kier alpha value is -0.900. The zero-order valence-corrected chi connectivity index (χ0v) is 11.2. The smallest absolute Gasteiger partial charge is 0.231 e. The molecule has 0 amide bonds. The van der Waals surface area contributed by atoms with Crippen LogP contribution in [0, 0.1) is 5.92 Å². The van der Waals surface area contributed by atoms with Gasteiger partial charge < -0.3 is 9.84 Å². The largest absolute Gasteiger partial charge is 0.339 e. The van der Waals surface area contributed by atoms with E-state index in [0.29, 0.717) is 17.9 Å². The Morgan fingerprint density at radius 2 is 2.18 bits per heavy atom. The van der Waals surface area contributed by atoms with E-state index in [0.717, 1.165) is 30.6 Å². The lowest BCUT2D eigenvalue weighted by Crippen LogP contribution is -2.31. The van der Waals surface area contributed by atoms with Crippen molar-refractivity contribution in [3.8, 4) is 0 Å². The molecule has 1 aliphatic rings. The van der Waals surface area contributed by atoms with Gasteiger partial charge in [0.05, 0.1) is 5.92 Å². The SMILES string of the molecule is CCNC(C)C(CC)c1nc(C2CC2C)no1. The van der Waals surface area contributed by atoms with E-state index >= 15 is 0 Å². The Balaban J connectivity index is 2.06. The van der Waals surface area contributed by atoms with Crippen molar-refractivity contribution in [1.82, 2.24) is 15.5 Å². The maximum Gasteiger partial charge on any atom is 0.231 e. The van der Waals surface area contributed by atoms with E-state index in [4.69, 9.17) is 4.52 Å². The summed E-state index contributed by atoms with van der Waals surface area (Å²) in [6.45, 7) is 9.68. The molecule has 4 heteroatoms. The van der Waals surface area contributed by atoms with E-state index in [2.05, 4.69) is 43.2 Å². The Labute approximate surface area is 103 Å². The van der Waals surface area contributed by atoms with Crippen molar-refractivity contribution in [3.63, 3.8) is 0 Å². The third kappa shape index (κ3) is 2.68. The highest BCUT2D eigenvalue weighted by Gasteiger charge is 2.38. The third-order valence-corrected chi connectivity index (χ3v) is 3.79. The van der Waals surface area contributed by atoms with E-state index < -0.39 is 0 Å². The highest BCUT2D eigenvalue weighted by molar-refractivity contribution is 5.09. The number of hydrogen-bond donors (Lipinski definition) is 1. The van der Waals surface area contributed by atoms with Crippen LogP contribution in [-0.4, -0.2) is 22.7 Å². The summed E-state index contributed by atoms with van der Waals surface area (Å²) in [4.78, 5) is 4.58. The summed E-state index contributed by atoms with van der Waals surface area (Å²) in [7, 11) is 0. The lowest BCUT2D eigenvalue weighted by atomic mass is 9.98. The molecule has 0 aromatic carbocycles. The van der Waals surface area contributed by atoms with Crippen molar-refractivity contribution in [2.45, 2.75) is 58.4 Å². The van der Waals surface area contributed by atoms with Gasteiger partial charge in [0.25, 0.3) is 0 Å². The predicted octanol–water partition coefficient (Wildman–Crippen LogP) is 2.68. The molecule has 4 nitrogen and oxygen atoms in total. The highest BCUT2D eigenvalue weighted by Crippen LogP contribution is 2.45. The molecule has 1 aromatic heterocycles. The van der Waals surface area contributed by atoms with Crippen LogP contribution in [-0.2, 0) is 0 Å². The van der Waals surface area contributed by atoms with Crippen LogP contribution in [0.15, 0.2) is 4.52 Å². The zero-order chi connectivity index (χ0) is 12.4. The van der Waals surface area contributed by atoms with Gasteiger partial charge in [0.2, 0.25) is 5.89 Å². The molecule has 17 heavy (non-hydrogen) atoms. The van der Waals surface area contributed by atoms with Crippen molar-refractivity contribution in [2.24, 2.45) is 5.92 Å². The van der Waals surface area contributed by atoms with Gasteiger partial charge in [-0.05, 0) is 32.2 Å². The molecule has 0 radical (unpaired) electrons. The minimum atomic E-state index is 0.324. The molecule has 1 aromatic rings. The second-order valence-electron chi connectivity index (χ2n) is 5.17. The number of likely N-dealkylation sites (N-methyl/N-ethyl adjacent to an activating group) is 1. The first-order chi connectivity index (χ1) is 8.17. The molecule has 2 rings (SSSR count). The van der Waals surface area contributed by atoms with Gasteiger partial charge in [-0.1, -0.05) is 25.9 Å². The number of nitrogens with one attached hydrogen (secondary N) is 1. The molecule has 1 fully saturated rings. The number of nitrogens with zero attached hydrogens (tertiary/aromatic N) is 2. The predicted molar refractivity (Wildman–Crippen MR) is 67.0 cm³/mol. The molecule has 0 spiro atoms. The Bertz CT molecular complexity index is 363. The minimum Gasteiger partial charge on any atom is -0.339 e. The number of rotatable bonds is 6. The van der Waals surface area contributed by atoms with Gasteiger partial charge in [0.1, 0.15) is 0 Å². The van der Waals surface area contributed by atoms with E-state index in [1.807, 2.05) is 0 Å². The van der Waals surface area contributed by atoms with Crippen molar-refractivity contribution < 1.29 is 4.52 Å². The van der Waals surface area contributed by atoms with Crippen LogP contribution in [0.25, 0.3) is 0 Å². The molecule has 0 saturated heterocycles. The summed E-state index contributed by atoms with van der Waals surface area (Å²) in [6, 6.07) is 0.384. The summed E-state index contributed by atoms with van der Waals surface area (Å²) in [5.74, 6) is 3.31. The fraction of sp³-hybridized carbons (Fsp3) is 0.846. The number of aromatic nitrogens is 2. The van der Waals surface area contributed by atoms with Gasteiger partial charge in [0.15, 0.2) is 5.82 Å². The first-order valence-electron chi connectivity index (χ1n) is 6.74. The van der Waals surface area contributed by atoms with Crippen LogP contribution < -0.4 is 5.32 Å². The first-order valence-corrected chi connectivity index (χ1v) is 6.74. The van der Waals surface area contributed by atoms with Gasteiger partial charge in [-0.25, -0.2) is 0 Å². The average molecular weight is 237 g/mol. The quantitative estimate of drug-likeness (QED) is 0.826. The van der Waals surface area contributed by atoms with E-state index in [1.165, 1.54) is 6.42 Å². The molecule has 4 unspecified atom stereocenters. The minimum absolute atomic E-state index is 0.324. The van der Waals surface area contributed by atoms with Crippen molar-refractivity contribution in [3.05, 3.63) is 11.7 Å². The van der Waals surface area contributed by atoms with E-state index in [-0.39, 0.29) is 0 Å². The standard InChI is InChI=1S/C13H23N3O/c1-5-10(9(4)14-6-2)13-15-12(16-17-13)11-7-8(11)3/h8-11,14H,5-7H2,1-4H3. The zero-order valence-electron chi connectivity index (χ0n) is 11.2. The van der Waals surface area contributed by atoms with Crippen LogP contribution in [0.5, 0.6) is 0 Å². The molecule has 1 saturated carbocycles. The second kappa shape index (κ2) is 5.17. The molecular formula is C13H23N3O. The molecule has 96 valence electrons. The van der Waals surface area contributed by atoms with Crippen LogP contribution in [0.1, 0.15) is 64.1 Å². The summed E-state index contributed by atoms with van der Waals surface area (Å²) in [5, 5.41) is 7.56. The summed E-state index contributed by atoms with van der Waals surface area (Å²) in [5.41, 5.74) is 0. The molecular weight excluding hydrogens is 214 g/mol. The Kier molecular flexibility index (Phi) is 3.82. The Morgan fingerprint density at radius 3 is 2.71 bits per heavy atom. The van der Waals surface area contributed by atoms with Crippen molar-refractivity contribution in [2.75, 3.05) is 6.54 Å². The lowest BCUT2D eigenvalue weighted by Gasteiger charge is -2.19. The first kappa shape index (κ1) is 12.6. The summed E-state index contributed by atoms with van der Waals surface area (Å²) < 4.78 is 5.43. The molecule has 1 heterocycles. The number of hydrogen-bond acceptors (Lipinski definition) is 4. The molecule has 0 bridgehead atoms. The molecule has 0 aliphatic heterocycles. The van der Waals surface area contributed by atoms with Gasteiger partial charge in [-0.15, -0.1) is 0 Å². The summed E-state index contributed by atoms with van der Waals surface area (Å²) >= 11 is 0.